The number of benzene rings is 1. The van der Waals surface area contributed by atoms with Crippen LogP contribution in [-0.4, -0.2) is 37.7 Å². The Balaban J connectivity index is 1.75. The van der Waals surface area contributed by atoms with Gasteiger partial charge in [0.2, 0.25) is 5.95 Å². The molecule has 0 fully saturated rings. The molecule has 0 amide bonds. The summed E-state index contributed by atoms with van der Waals surface area (Å²) >= 11 is 6.20. The van der Waals surface area contributed by atoms with E-state index in [1.807, 2.05) is 13.0 Å². The van der Waals surface area contributed by atoms with E-state index < -0.39 is 13.0 Å². The van der Waals surface area contributed by atoms with E-state index >= 15 is 0 Å². The molecule has 1 aromatic carbocycles. The molecule has 0 aliphatic carbocycles. The van der Waals surface area contributed by atoms with E-state index in [4.69, 9.17) is 11.6 Å². The fraction of sp³-hybridized carbons (Fsp3) is 0.235. The molecule has 0 saturated carbocycles. The molecule has 0 radical (unpaired) electrons. The topological polar surface area (TPSA) is 83.4 Å². The summed E-state index contributed by atoms with van der Waals surface area (Å²) in [5.41, 5.74) is 1.87. The third kappa shape index (κ3) is 3.25. The minimum atomic E-state index is -2.48. The number of fused-ring (bicyclic) bond motifs is 2. The predicted octanol–water partition coefficient (Wildman–Crippen LogP) is 4.40. The molecule has 10 heteroatoms. The Hall–Kier alpha value is -2.94. The Bertz CT molecular complexity index is 1110. The fourth-order valence-corrected chi connectivity index (χ4v) is 3.19. The summed E-state index contributed by atoms with van der Waals surface area (Å²) in [5.74, 6) is 0.961. The Morgan fingerprint density at radius 1 is 1.30 bits per heavy atom. The summed E-state index contributed by atoms with van der Waals surface area (Å²) in [6, 6.07) is 5.33. The van der Waals surface area contributed by atoms with Gasteiger partial charge >= 0.3 is 0 Å². The van der Waals surface area contributed by atoms with Crippen LogP contribution in [0.5, 0.6) is 0 Å². The zero-order chi connectivity index (χ0) is 19.0. The van der Waals surface area contributed by atoms with Gasteiger partial charge in [-0.3, -0.25) is 4.68 Å². The van der Waals surface area contributed by atoms with E-state index in [2.05, 4.69) is 30.7 Å². The normalized spacial score (nSPS) is 11.6. The largest absolute Gasteiger partial charge is 0.370 e. The molecule has 140 valence electrons. The second-order valence-electron chi connectivity index (χ2n) is 5.87. The molecule has 0 aliphatic heterocycles. The van der Waals surface area contributed by atoms with Crippen molar-refractivity contribution >= 4 is 51.0 Å². The molecule has 0 atom stereocenters. The first-order chi connectivity index (χ1) is 13.1. The van der Waals surface area contributed by atoms with Gasteiger partial charge in [-0.1, -0.05) is 17.7 Å². The van der Waals surface area contributed by atoms with Crippen LogP contribution >= 0.6 is 11.6 Å². The smallest absolute Gasteiger partial charge is 0.257 e. The summed E-state index contributed by atoms with van der Waals surface area (Å²) in [4.78, 5) is 12.0. The van der Waals surface area contributed by atoms with Crippen LogP contribution in [0.15, 0.2) is 30.6 Å². The average molecular weight is 392 g/mol. The highest BCUT2D eigenvalue weighted by molar-refractivity contribution is 6.36. The van der Waals surface area contributed by atoms with Crippen molar-refractivity contribution in [2.45, 2.75) is 19.9 Å². The van der Waals surface area contributed by atoms with Crippen molar-refractivity contribution < 1.29 is 8.78 Å². The Morgan fingerprint density at radius 3 is 2.93 bits per heavy atom. The van der Waals surface area contributed by atoms with E-state index in [-0.39, 0.29) is 0 Å². The molecular weight excluding hydrogens is 376 g/mol. The van der Waals surface area contributed by atoms with Gasteiger partial charge in [0.25, 0.3) is 6.43 Å². The molecule has 3 N–H and O–H groups in total. The third-order valence-corrected chi connectivity index (χ3v) is 4.37. The molecule has 0 spiro atoms. The molecule has 0 aliphatic rings. The number of anilines is 3. The number of halogens is 3. The van der Waals surface area contributed by atoms with Gasteiger partial charge in [0.05, 0.1) is 27.8 Å². The average Bonchev–Trinajstić information content (AvgIpc) is 3.20. The number of rotatable bonds is 6. The van der Waals surface area contributed by atoms with Crippen molar-refractivity contribution in [2.24, 2.45) is 0 Å². The van der Waals surface area contributed by atoms with Gasteiger partial charge in [0, 0.05) is 18.1 Å². The van der Waals surface area contributed by atoms with E-state index in [1.165, 1.54) is 4.68 Å². The molecule has 4 rings (SSSR count). The maximum absolute atomic E-state index is 12.7. The summed E-state index contributed by atoms with van der Waals surface area (Å²) in [5, 5.41) is 12.3. The fourth-order valence-electron chi connectivity index (χ4n) is 2.96. The van der Waals surface area contributed by atoms with Gasteiger partial charge < -0.3 is 15.6 Å². The Labute approximate surface area is 157 Å². The molecule has 3 aromatic heterocycles. The van der Waals surface area contributed by atoms with Crippen LogP contribution < -0.4 is 10.6 Å². The first-order valence-corrected chi connectivity index (χ1v) is 8.72. The van der Waals surface area contributed by atoms with Crippen LogP contribution in [-0.2, 0) is 6.54 Å². The zero-order valence-electron chi connectivity index (χ0n) is 14.3. The van der Waals surface area contributed by atoms with Crippen molar-refractivity contribution in [3.05, 3.63) is 35.6 Å². The second-order valence-corrected chi connectivity index (χ2v) is 6.27. The van der Waals surface area contributed by atoms with Crippen molar-refractivity contribution in [3.63, 3.8) is 0 Å². The highest BCUT2D eigenvalue weighted by atomic mass is 35.5. The lowest BCUT2D eigenvalue weighted by molar-refractivity contribution is 0.123. The van der Waals surface area contributed by atoms with Crippen molar-refractivity contribution in [1.82, 2.24) is 24.7 Å². The van der Waals surface area contributed by atoms with Gasteiger partial charge in [-0.05, 0) is 19.1 Å². The number of hydrogen-bond donors (Lipinski definition) is 3. The summed E-state index contributed by atoms with van der Waals surface area (Å²) in [6.45, 7) is 2.17. The lowest BCUT2D eigenvalue weighted by atomic mass is 10.2. The number of aromatic amines is 1. The summed E-state index contributed by atoms with van der Waals surface area (Å²) in [6.07, 6.45) is 0.728. The van der Waals surface area contributed by atoms with Crippen LogP contribution in [0.4, 0.5) is 26.2 Å². The number of H-pyrrole nitrogens is 1. The van der Waals surface area contributed by atoms with E-state index in [9.17, 15) is 8.78 Å². The first kappa shape index (κ1) is 17.5. The third-order valence-electron chi connectivity index (χ3n) is 4.07. The molecule has 3 heterocycles. The minimum Gasteiger partial charge on any atom is -0.370 e. The number of nitrogens with one attached hydrogen (secondary N) is 3. The molecule has 0 bridgehead atoms. The van der Waals surface area contributed by atoms with Crippen LogP contribution in [0.2, 0.25) is 5.02 Å². The van der Waals surface area contributed by atoms with Crippen LogP contribution in [0.3, 0.4) is 0 Å². The van der Waals surface area contributed by atoms with Gasteiger partial charge in [-0.15, -0.1) is 0 Å². The SMILES string of the molecule is CCNc1nc(Nc2cccc3c2cnn3CC(F)F)nc2[nH]cc(Cl)c12. The molecule has 27 heavy (non-hydrogen) atoms. The molecule has 4 aromatic rings. The zero-order valence-corrected chi connectivity index (χ0v) is 15.1. The van der Waals surface area contributed by atoms with Gasteiger partial charge in [0.15, 0.2) is 0 Å². The van der Waals surface area contributed by atoms with Gasteiger partial charge in [-0.2, -0.15) is 15.1 Å². The predicted molar refractivity (Wildman–Crippen MR) is 102 cm³/mol. The molecule has 0 unspecified atom stereocenters. The maximum Gasteiger partial charge on any atom is 0.257 e. The number of alkyl halides is 2. The van der Waals surface area contributed by atoms with Crippen molar-refractivity contribution in [3.8, 4) is 0 Å². The lowest BCUT2D eigenvalue weighted by Gasteiger charge is -2.10. The highest BCUT2D eigenvalue weighted by Crippen LogP contribution is 2.31. The van der Waals surface area contributed by atoms with Crippen LogP contribution in [0.25, 0.3) is 21.9 Å². The molecule has 0 saturated heterocycles. The number of nitrogens with zero attached hydrogens (tertiary/aromatic N) is 4. The van der Waals surface area contributed by atoms with Gasteiger partial charge in [-0.25, -0.2) is 8.78 Å². The van der Waals surface area contributed by atoms with Crippen molar-refractivity contribution in [1.29, 1.82) is 0 Å². The summed E-state index contributed by atoms with van der Waals surface area (Å²) < 4.78 is 26.7. The van der Waals surface area contributed by atoms with Crippen molar-refractivity contribution in [2.75, 3.05) is 17.2 Å². The molecular formula is C17H16ClF2N7. The number of hydrogen-bond acceptors (Lipinski definition) is 5. The minimum absolute atomic E-state index is 0.353. The maximum atomic E-state index is 12.7. The quantitative estimate of drug-likeness (QED) is 0.453. The monoisotopic (exact) mass is 391 g/mol. The summed E-state index contributed by atoms with van der Waals surface area (Å²) in [7, 11) is 0. The highest BCUT2D eigenvalue weighted by Gasteiger charge is 2.15. The number of aromatic nitrogens is 5. The van der Waals surface area contributed by atoms with Gasteiger partial charge in [0.1, 0.15) is 18.0 Å². The second kappa shape index (κ2) is 6.99. The van der Waals surface area contributed by atoms with Crippen LogP contribution in [0, 0.1) is 0 Å². The van der Waals surface area contributed by atoms with E-state index in [0.717, 1.165) is 0 Å². The Kier molecular flexibility index (Phi) is 4.53. The van der Waals surface area contributed by atoms with E-state index in [1.54, 1.807) is 24.5 Å². The van der Waals surface area contributed by atoms with E-state index in [0.29, 0.717) is 51.0 Å². The van der Waals surface area contributed by atoms with Crippen LogP contribution in [0.1, 0.15) is 6.92 Å². The lowest BCUT2D eigenvalue weighted by Crippen LogP contribution is -2.07. The molecule has 7 nitrogen and oxygen atoms in total. The Morgan fingerprint density at radius 2 is 2.15 bits per heavy atom. The standard InChI is InChI=1S/C17H16ClF2N7/c1-2-21-15-14-10(18)7-22-16(14)26-17(25-15)24-11-4-3-5-12-9(11)6-23-27(12)8-13(19)20/h3-7,13H,2,8H2,1H3,(H3,21,22,24,25,26). The first-order valence-electron chi connectivity index (χ1n) is 8.35.